The highest BCUT2D eigenvalue weighted by Gasteiger charge is 2.43. The predicted molar refractivity (Wildman–Crippen MR) is 116 cm³/mol. The topological polar surface area (TPSA) is 101 Å². The Bertz CT molecular complexity index is 1480. The highest BCUT2D eigenvalue weighted by molar-refractivity contribution is 5.97. The van der Waals surface area contributed by atoms with E-state index < -0.39 is 34.1 Å². The van der Waals surface area contributed by atoms with Gasteiger partial charge in [-0.3, -0.25) is 4.79 Å². The second-order valence-corrected chi connectivity index (χ2v) is 8.12. The molecule has 0 unspecified atom stereocenters. The molecule has 1 aliphatic rings. The summed E-state index contributed by atoms with van der Waals surface area (Å²) in [5, 5.41) is 9.28. The first kappa shape index (κ1) is 20.1. The zero-order valence-electron chi connectivity index (χ0n) is 17.0. The number of pyridine rings is 2. The molecule has 2 aromatic heterocycles. The normalized spacial score (nSPS) is 15.2. The number of aromatic nitrogens is 2. The first-order valence-electron chi connectivity index (χ1n) is 9.84. The van der Waals surface area contributed by atoms with Crippen LogP contribution in [-0.2, 0) is 12.6 Å². The fraction of sp³-hybridized carbons (Fsp3) is 0.174. The van der Waals surface area contributed by atoms with Crippen LogP contribution in [0, 0.1) is 11.6 Å². The fourth-order valence-corrected chi connectivity index (χ4v) is 4.31. The van der Waals surface area contributed by atoms with E-state index in [-0.39, 0.29) is 40.7 Å². The monoisotopic (exact) mass is 436 g/mol. The van der Waals surface area contributed by atoms with E-state index in [0.717, 1.165) is 17.8 Å². The fourth-order valence-electron chi connectivity index (χ4n) is 4.31. The lowest BCUT2D eigenvalue weighted by Crippen LogP contribution is -2.65. The molecule has 4 aromatic rings. The van der Waals surface area contributed by atoms with Crippen molar-refractivity contribution in [3.05, 3.63) is 81.6 Å². The number of halogens is 2. The molecule has 5 rings (SSSR count). The molecule has 1 aliphatic heterocycles. The number of carboxylic acid groups (broad SMARTS) is 1. The van der Waals surface area contributed by atoms with Crippen molar-refractivity contribution in [1.82, 2.24) is 9.55 Å². The van der Waals surface area contributed by atoms with Crippen LogP contribution in [0.5, 0.6) is 0 Å². The van der Waals surface area contributed by atoms with Crippen molar-refractivity contribution in [2.75, 3.05) is 18.0 Å². The van der Waals surface area contributed by atoms with Gasteiger partial charge in [0.2, 0.25) is 5.43 Å². The Morgan fingerprint density at radius 1 is 1.19 bits per heavy atom. The average Bonchev–Trinajstić information content (AvgIpc) is 2.74. The van der Waals surface area contributed by atoms with Crippen molar-refractivity contribution >= 4 is 33.6 Å². The van der Waals surface area contributed by atoms with E-state index in [9.17, 15) is 19.1 Å². The molecule has 2 aromatic carbocycles. The van der Waals surface area contributed by atoms with Gasteiger partial charge in [-0.1, -0.05) is 30.3 Å². The maximum Gasteiger partial charge on any atom is 0.341 e. The molecule has 1 saturated heterocycles. The van der Waals surface area contributed by atoms with Crippen LogP contribution < -0.4 is 16.1 Å². The van der Waals surface area contributed by atoms with Crippen LogP contribution in [0.15, 0.2) is 53.5 Å². The van der Waals surface area contributed by atoms with Gasteiger partial charge in [0, 0.05) is 31.7 Å². The lowest BCUT2D eigenvalue weighted by atomic mass is 9.83. The number of rotatable bonds is 3. The van der Waals surface area contributed by atoms with Crippen molar-refractivity contribution in [2.45, 2.75) is 5.54 Å². The number of carboxylic acids is 1. The maximum atomic E-state index is 15.5. The van der Waals surface area contributed by atoms with E-state index >= 15 is 4.39 Å². The SMILES string of the molecule is Cn1cc(C(=O)O)c(=O)c2cc3cc(F)c(N4CC(N)(c5ccccc5)C4)c(F)c3nc21. The molecule has 0 saturated carbocycles. The molecule has 0 radical (unpaired) electrons. The largest absolute Gasteiger partial charge is 0.477 e. The van der Waals surface area contributed by atoms with Crippen molar-refractivity contribution in [3.8, 4) is 0 Å². The third-order valence-electron chi connectivity index (χ3n) is 5.94. The van der Waals surface area contributed by atoms with Gasteiger partial charge in [0.1, 0.15) is 28.2 Å². The summed E-state index contributed by atoms with van der Waals surface area (Å²) >= 11 is 0. The first-order chi connectivity index (χ1) is 15.2. The Morgan fingerprint density at radius 3 is 2.53 bits per heavy atom. The highest BCUT2D eigenvalue weighted by Crippen LogP contribution is 2.38. The van der Waals surface area contributed by atoms with Crippen LogP contribution in [0.1, 0.15) is 15.9 Å². The third-order valence-corrected chi connectivity index (χ3v) is 5.94. The summed E-state index contributed by atoms with van der Waals surface area (Å²) in [6.45, 7) is 0.453. The van der Waals surface area contributed by atoms with Gasteiger partial charge in [0.25, 0.3) is 0 Å². The predicted octanol–water partition coefficient (Wildman–Crippen LogP) is 2.74. The molecule has 1 fully saturated rings. The first-order valence-corrected chi connectivity index (χ1v) is 9.84. The van der Waals surface area contributed by atoms with Gasteiger partial charge >= 0.3 is 5.97 Å². The summed E-state index contributed by atoms with van der Waals surface area (Å²) in [4.78, 5) is 29.6. The van der Waals surface area contributed by atoms with E-state index in [0.29, 0.717) is 0 Å². The molecule has 0 aliphatic carbocycles. The number of hydrogen-bond donors (Lipinski definition) is 2. The lowest BCUT2D eigenvalue weighted by molar-refractivity contribution is 0.0695. The summed E-state index contributed by atoms with van der Waals surface area (Å²) in [7, 11) is 1.51. The number of nitrogens with two attached hydrogens (primary N) is 1. The molecule has 7 nitrogen and oxygen atoms in total. The van der Waals surface area contributed by atoms with Gasteiger partial charge < -0.3 is 20.3 Å². The molecular formula is C23H18F2N4O3. The minimum absolute atomic E-state index is 0.0274. The summed E-state index contributed by atoms with van der Waals surface area (Å²) in [5.41, 5.74) is 5.15. The van der Waals surface area contributed by atoms with Gasteiger partial charge in [0.15, 0.2) is 5.82 Å². The van der Waals surface area contributed by atoms with Crippen molar-refractivity contribution in [3.63, 3.8) is 0 Å². The summed E-state index contributed by atoms with van der Waals surface area (Å²) in [6, 6.07) is 11.7. The Kier molecular flexibility index (Phi) is 4.28. The molecule has 3 heterocycles. The minimum Gasteiger partial charge on any atom is -0.477 e. The Morgan fingerprint density at radius 2 is 1.88 bits per heavy atom. The van der Waals surface area contributed by atoms with Crippen molar-refractivity contribution in [2.24, 2.45) is 12.8 Å². The molecule has 0 amide bonds. The summed E-state index contributed by atoms with van der Waals surface area (Å²) < 4.78 is 31.8. The minimum atomic E-state index is -1.39. The second kappa shape index (κ2) is 6.83. The Balaban J connectivity index is 1.63. The van der Waals surface area contributed by atoms with E-state index in [1.807, 2.05) is 30.3 Å². The van der Waals surface area contributed by atoms with Crippen molar-refractivity contribution in [1.29, 1.82) is 0 Å². The smallest absolute Gasteiger partial charge is 0.341 e. The standard InChI is InChI=1S/C23H18F2N4O3/c1-28-9-15(22(31)32)20(30)14-7-12-8-16(24)19(17(25)18(12)27-21(14)28)29-10-23(26,11-29)13-5-3-2-4-6-13/h2-9H,10-11,26H2,1H3,(H,31,32). The van der Waals surface area contributed by atoms with Gasteiger partial charge in [0.05, 0.1) is 10.9 Å². The zero-order valence-corrected chi connectivity index (χ0v) is 17.0. The number of anilines is 1. The van der Waals surface area contributed by atoms with Crippen LogP contribution in [0.25, 0.3) is 21.9 Å². The molecule has 32 heavy (non-hydrogen) atoms. The van der Waals surface area contributed by atoms with Crippen molar-refractivity contribution < 1.29 is 18.7 Å². The van der Waals surface area contributed by atoms with E-state index in [4.69, 9.17) is 5.73 Å². The van der Waals surface area contributed by atoms with E-state index in [1.54, 1.807) is 0 Å². The molecule has 3 N–H and O–H groups in total. The van der Waals surface area contributed by atoms with E-state index in [2.05, 4.69) is 4.98 Å². The van der Waals surface area contributed by atoms with Crippen LogP contribution in [-0.4, -0.2) is 33.7 Å². The Labute approximate surface area is 180 Å². The molecular weight excluding hydrogens is 418 g/mol. The number of nitrogens with zero attached hydrogens (tertiary/aromatic N) is 3. The van der Waals surface area contributed by atoms with Crippen LogP contribution in [0.3, 0.4) is 0 Å². The maximum absolute atomic E-state index is 15.5. The molecule has 162 valence electrons. The van der Waals surface area contributed by atoms with Crippen LogP contribution >= 0.6 is 0 Å². The van der Waals surface area contributed by atoms with Crippen LogP contribution in [0.2, 0.25) is 0 Å². The summed E-state index contributed by atoms with van der Waals surface area (Å²) in [6.07, 6.45) is 1.13. The number of hydrogen-bond acceptors (Lipinski definition) is 5. The number of fused-ring (bicyclic) bond motifs is 2. The lowest BCUT2D eigenvalue weighted by Gasteiger charge is -2.49. The summed E-state index contributed by atoms with van der Waals surface area (Å²) in [5.74, 6) is -3.05. The highest BCUT2D eigenvalue weighted by atomic mass is 19.1. The second-order valence-electron chi connectivity index (χ2n) is 8.12. The average molecular weight is 436 g/mol. The quantitative estimate of drug-likeness (QED) is 0.479. The van der Waals surface area contributed by atoms with Gasteiger partial charge in [-0.2, -0.15) is 0 Å². The number of benzene rings is 2. The Hall–Kier alpha value is -3.85. The van der Waals surface area contributed by atoms with E-state index in [1.165, 1.54) is 22.6 Å². The van der Waals surface area contributed by atoms with Crippen LogP contribution in [0.4, 0.5) is 14.5 Å². The molecule has 0 atom stereocenters. The van der Waals surface area contributed by atoms with Gasteiger partial charge in [-0.25, -0.2) is 18.6 Å². The van der Waals surface area contributed by atoms with Gasteiger partial charge in [-0.05, 0) is 17.7 Å². The molecule has 9 heteroatoms. The number of carbonyl (C=O) groups is 1. The molecule has 0 bridgehead atoms. The number of aromatic carboxylic acids is 1. The third kappa shape index (κ3) is 2.85. The molecule has 0 spiro atoms. The number of aryl methyl sites for hydroxylation is 1. The zero-order chi connectivity index (χ0) is 22.8. The van der Waals surface area contributed by atoms with Gasteiger partial charge in [-0.15, -0.1) is 0 Å².